The van der Waals surface area contributed by atoms with Crippen molar-refractivity contribution in [3.8, 4) is 0 Å². The molecule has 0 spiro atoms. The van der Waals surface area contributed by atoms with Crippen LogP contribution in [0.3, 0.4) is 0 Å². The topological polar surface area (TPSA) is 43.4 Å². The van der Waals surface area contributed by atoms with Crippen LogP contribution < -0.4 is 0 Å². The highest BCUT2D eigenvalue weighted by Crippen LogP contribution is 2.34. The second-order valence-electron chi connectivity index (χ2n) is 5.36. The SMILES string of the molecule is Cc1ccc(S(=O)(=O)OC2(C)CCCCC2)cc1. The van der Waals surface area contributed by atoms with E-state index in [0.717, 1.165) is 31.2 Å². The summed E-state index contributed by atoms with van der Waals surface area (Å²) in [5, 5.41) is 0. The van der Waals surface area contributed by atoms with E-state index in [-0.39, 0.29) is 4.90 Å². The van der Waals surface area contributed by atoms with E-state index in [0.29, 0.717) is 0 Å². The molecule has 0 aliphatic heterocycles. The molecule has 1 aliphatic rings. The molecule has 18 heavy (non-hydrogen) atoms. The fourth-order valence-corrected chi connectivity index (χ4v) is 3.66. The molecule has 0 N–H and O–H groups in total. The summed E-state index contributed by atoms with van der Waals surface area (Å²) < 4.78 is 29.9. The number of hydrogen-bond donors (Lipinski definition) is 0. The molecule has 0 bridgehead atoms. The van der Waals surface area contributed by atoms with Gasteiger partial charge in [0.1, 0.15) is 0 Å². The van der Waals surface area contributed by atoms with Crippen LogP contribution in [-0.4, -0.2) is 14.0 Å². The molecule has 0 radical (unpaired) electrons. The maximum absolute atomic E-state index is 12.2. The summed E-state index contributed by atoms with van der Waals surface area (Å²) in [6.45, 7) is 3.83. The second kappa shape index (κ2) is 5.02. The van der Waals surface area contributed by atoms with Gasteiger partial charge in [-0.2, -0.15) is 8.42 Å². The monoisotopic (exact) mass is 268 g/mol. The van der Waals surface area contributed by atoms with Crippen LogP contribution in [0.5, 0.6) is 0 Å². The van der Waals surface area contributed by atoms with Crippen LogP contribution in [0.25, 0.3) is 0 Å². The van der Waals surface area contributed by atoms with Gasteiger partial charge in [0.15, 0.2) is 0 Å². The van der Waals surface area contributed by atoms with Gasteiger partial charge in [0.2, 0.25) is 0 Å². The van der Waals surface area contributed by atoms with Gasteiger partial charge in [-0.1, -0.05) is 37.0 Å². The molecule has 0 saturated heterocycles. The highest BCUT2D eigenvalue weighted by molar-refractivity contribution is 7.86. The fourth-order valence-electron chi connectivity index (χ4n) is 2.40. The van der Waals surface area contributed by atoms with Crippen LogP contribution >= 0.6 is 0 Å². The lowest BCUT2D eigenvalue weighted by molar-refractivity contribution is 0.0558. The predicted octanol–water partition coefficient (Wildman–Crippen LogP) is 3.42. The Balaban J connectivity index is 2.18. The molecule has 100 valence electrons. The molecule has 3 nitrogen and oxygen atoms in total. The van der Waals surface area contributed by atoms with Crippen molar-refractivity contribution in [3.63, 3.8) is 0 Å². The minimum absolute atomic E-state index is 0.250. The number of aryl methyl sites for hydroxylation is 1. The third-order valence-electron chi connectivity index (χ3n) is 3.53. The van der Waals surface area contributed by atoms with Crippen molar-refractivity contribution in [3.05, 3.63) is 29.8 Å². The average molecular weight is 268 g/mol. The van der Waals surface area contributed by atoms with Crippen LogP contribution in [0.1, 0.15) is 44.6 Å². The molecule has 4 heteroatoms. The molecule has 1 aromatic rings. The summed E-state index contributed by atoms with van der Waals surface area (Å²) >= 11 is 0. The van der Waals surface area contributed by atoms with Crippen LogP contribution in [0.15, 0.2) is 29.2 Å². The largest absolute Gasteiger partial charge is 0.297 e. The maximum Gasteiger partial charge on any atom is 0.297 e. The van der Waals surface area contributed by atoms with Crippen molar-refractivity contribution in [1.29, 1.82) is 0 Å². The highest BCUT2D eigenvalue weighted by atomic mass is 32.2. The van der Waals surface area contributed by atoms with E-state index in [1.807, 2.05) is 13.8 Å². The van der Waals surface area contributed by atoms with Crippen LogP contribution in [0.2, 0.25) is 0 Å². The quantitative estimate of drug-likeness (QED) is 0.789. The average Bonchev–Trinajstić information content (AvgIpc) is 2.29. The molecule has 0 heterocycles. The first-order chi connectivity index (χ1) is 8.41. The summed E-state index contributed by atoms with van der Waals surface area (Å²) in [6, 6.07) is 6.80. The zero-order valence-corrected chi connectivity index (χ0v) is 11.8. The molecule has 1 aromatic carbocycles. The summed E-state index contributed by atoms with van der Waals surface area (Å²) in [5.74, 6) is 0. The van der Waals surface area contributed by atoms with Crippen LogP contribution in [0, 0.1) is 6.92 Å². The van der Waals surface area contributed by atoms with E-state index in [1.165, 1.54) is 6.42 Å². The molecule has 2 rings (SSSR count). The number of hydrogen-bond acceptors (Lipinski definition) is 3. The van der Waals surface area contributed by atoms with Gasteiger partial charge in [-0.3, -0.25) is 4.18 Å². The zero-order valence-electron chi connectivity index (χ0n) is 11.0. The van der Waals surface area contributed by atoms with Gasteiger partial charge in [-0.25, -0.2) is 0 Å². The first-order valence-corrected chi connectivity index (χ1v) is 7.84. The number of rotatable bonds is 3. The van der Waals surface area contributed by atoms with Gasteiger partial charge in [0, 0.05) is 0 Å². The molecule has 1 saturated carbocycles. The number of benzene rings is 1. The van der Waals surface area contributed by atoms with Crippen molar-refractivity contribution < 1.29 is 12.6 Å². The zero-order chi connectivity index (χ0) is 13.2. The molecule has 0 unspecified atom stereocenters. The van der Waals surface area contributed by atoms with Gasteiger partial charge in [0.25, 0.3) is 10.1 Å². The van der Waals surface area contributed by atoms with Crippen molar-refractivity contribution in [2.75, 3.05) is 0 Å². The van der Waals surface area contributed by atoms with Gasteiger partial charge < -0.3 is 0 Å². The van der Waals surface area contributed by atoms with Crippen molar-refractivity contribution in [1.82, 2.24) is 0 Å². The molecule has 0 amide bonds. The van der Waals surface area contributed by atoms with E-state index < -0.39 is 15.7 Å². The lowest BCUT2D eigenvalue weighted by atomic mass is 9.87. The van der Waals surface area contributed by atoms with Crippen LogP contribution in [0.4, 0.5) is 0 Å². The molecular weight excluding hydrogens is 248 g/mol. The van der Waals surface area contributed by atoms with Crippen LogP contribution in [-0.2, 0) is 14.3 Å². The highest BCUT2D eigenvalue weighted by Gasteiger charge is 2.33. The Bertz CT molecular complexity index is 496. The smallest absolute Gasteiger partial charge is 0.260 e. The Hall–Kier alpha value is -0.870. The van der Waals surface area contributed by atoms with Crippen molar-refractivity contribution in [2.45, 2.75) is 56.4 Å². The van der Waals surface area contributed by atoms with E-state index in [4.69, 9.17) is 4.18 Å². The summed E-state index contributed by atoms with van der Waals surface area (Å²) in [7, 11) is -3.64. The van der Waals surface area contributed by atoms with Gasteiger partial charge in [-0.15, -0.1) is 0 Å². The molecule has 0 aromatic heterocycles. The maximum atomic E-state index is 12.2. The normalized spacial score (nSPS) is 19.7. The van der Waals surface area contributed by atoms with E-state index >= 15 is 0 Å². The minimum atomic E-state index is -3.64. The van der Waals surface area contributed by atoms with Gasteiger partial charge in [0.05, 0.1) is 10.5 Å². The molecule has 1 fully saturated rings. The molecular formula is C14H20O3S. The fraction of sp³-hybridized carbons (Fsp3) is 0.571. The minimum Gasteiger partial charge on any atom is -0.260 e. The third-order valence-corrected chi connectivity index (χ3v) is 5.00. The molecule has 1 aliphatic carbocycles. The Morgan fingerprint density at radius 1 is 1.06 bits per heavy atom. The standard InChI is InChI=1S/C14H20O3S/c1-12-6-8-13(9-7-12)18(15,16)17-14(2)10-4-3-5-11-14/h6-9H,3-5,10-11H2,1-2H3. The summed E-state index contributed by atoms with van der Waals surface area (Å²) in [6.07, 6.45) is 4.89. The molecule has 0 atom stereocenters. The Morgan fingerprint density at radius 2 is 1.61 bits per heavy atom. The van der Waals surface area contributed by atoms with Gasteiger partial charge in [-0.05, 0) is 38.8 Å². The third kappa shape index (κ3) is 3.12. The van der Waals surface area contributed by atoms with E-state index in [9.17, 15) is 8.42 Å². The Morgan fingerprint density at radius 3 is 2.17 bits per heavy atom. The van der Waals surface area contributed by atoms with E-state index in [2.05, 4.69) is 0 Å². The summed E-state index contributed by atoms with van der Waals surface area (Å²) in [5.41, 5.74) is 0.514. The first kappa shape index (κ1) is 13.6. The first-order valence-electron chi connectivity index (χ1n) is 6.44. The Kier molecular flexibility index (Phi) is 3.78. The van der Waals surface area contributed by atoms with Crippen molar-refractivity contribution in [2.24, 2.45) is 0 Å². The second-order valence-corrected chi connectivity index (χ2v) is 6.91. The van der Waals surface area contributed by atoms with Crippen molar-refractivity contribution >= 4 is 10.1 Å². The Labute approximate surface area is 109 Å². The van der Waals surface area contributed by atoms with Gasteiger partial charge >= 0.3 is 0 Å². The van der Waals surface area contributed by atoms with E-state index in [1.54, 1.807) is 24.3 Å². The predicted molar refractivity (Wildman–Crippen MR) is 70.9 cm³/mol. The lowest BCUT2D eigenvalue weighted by Gasteiger charge is -2.32. The lowest BCUT2D eigenvalue weighted by Crippen LogP contribution is -2.33. The summed E-state index contributed by atoms with van der Waals surface area (Å²) in [4.78, 5) is 0.250.